The van der Waals surface area contributed by atoms with E-state index in [1.807, 2.05) is 0 Å². The van der Waals surface area contributed by atoms with Crippen molar-refractivity contribution >= 4 is 17.5 Å². The van der Waals surface area contributed by atoms with Crippen LogP contribution in [0.3, 0.4) is 0 Å². The molecular weight excluding hydrogens is 508 g/mol. The Morgan fingerprint density at radius 3 is 2.28 bits per heavy atom. The summed E-state index contributed by atoms with van der Waals surface area (Å²) in [6.45, 7) is -2.08. The highest BCUT2D eigenvalue weighted by atomic mass is 19.4. The molecule has 0 radical (unpaired) electrons. The Labute approximate surface area is 198 Å². The molecule has 1 aliphatic heterocycles. The van der Waals surface area contributed by atoms with E-state index in [9.17, 15) is 44.7 Å². The summed E-state index contributed by atoms with van der Waals surface area (Å²) in [6, 6.07) is 3.74. The van der Waals surface area contributed by atoms with Gasteiger partial charge in [-0.25, -0.2) is 8.78 Å². The average Bonchev–Trinajstić information content (AvgIpc) is 3.04. The highest BCUT2D eigenvalue weighted by molar-refractivity contribution is 5.98. The van der Waals surface area contributed by atoms with Gasteiger partial charge in [0.25, 0.3) is 11.8 Å². The maximum absolute atomic E-state index is 14.4. The van der Waals surface area contributed by atoms with E-state index in [2.05, 4.69) is 10.1 Å². The van der Waals surface area contributed by atoms with Gasteiger partial charge in [-0.3, -0.25) is 9.59 Å². The zero-order valence-corrected chi connectivity index (χ0v) is 18.4. The molecule has 2 aromatic rings. The zero-order chi connectivity index (χ0) is 27.2. The zero-order valence-electron chi connectivity index (χ0n) is 18.4. The topological polar surface area (TPSA) is 90.6 Å². The first-order valence-electron chi connectivity index (χ1n) is 10.2. The van der Waals surface area contributed by atoms with Crippen LogP contribution in [0.2, 0.25) is 0 Å². The maximum atomic E-state index is 14.4. The van der Waals surface area contributed by atoms with Crippen molar-refractivity contribution in [3.8, 4) is 5.75 Å². The molecule has 0 aromatic heterocycles. The first kappa shape index (κ1) is 27.2. The van der Waals surface area contributed by atoms with E-state index in [4.69, 9.17) is 10.5 Å². The summed E-state index contributed by atoms with van der Waals surface area (Å²) < 4.78 is 119. The number of rotatable bonds is 6. The van der Waals surface area contributed by atoms with Crippen molar-refractivity contribution < 1.29 is 54.2 Å². The van der Waals surface area contributed by atoms with Crippen molar-refractivity contribution in [2.24, 2.45) is 11.7 Å². The quantitative estimate of drug-likeness (QED) is 0.525. The van der Waals surface area contributed by atoms with E-state index in [0.29, 0.717) is 19.1 Å². The van der Waals surface area contributed by atoms with E-state index >= 15 is 0 Å². The predicted octanol–water partition coefficient (Wildman–Crippen LogP) is 4.88. The number of primary amides is 1. The Morgan fingerprint density at radius 1 is 1.11 bits per heavy atom. The molecule has 36 heavy (non-hydrogen) atoms. The standard InChI is InChI=1S/C22H18F8N2O4/c1-8-14(10-4-6-13(24)15(25)16(10)35-20(26)27)17(36-21(8,2)22(28,29)30)19(34)32-9-3-5-12(23)11(7-9)18(31)33/h3-8,14,17,20H,1-2H3,(H2,31,33)(H,32,34)/t8-,14+,17+,21-/m0/s1. The number of ether oxygens (including phenoxy) is 2. The third kappa shape index (κ3) is 4.81. The molecule has 0 spiro atoms. The monoisotopic (exact) mass is 526 g/mol. The van der Waals surface area contributed by atoms with Crippen molar-refractivity contribution in [2.75, 3.05) is 5.32 Å². The van der Waals surface area contributed by atoms with Gasteiger partial charge in [-0.05, 0) is 31.2 Å². The van der Waals surface area contributed by atoms with Crippen LogP contribution >= 0.6 is 0 Å². The van der Waals surface area contributed by atoms with Crippen LogP contribution in [-0.4, -0.2) is 36.3 Å². The number of anilines is 1. The number of carbonyl (C=O) groups excluding carboxylic acids is 2. The number of hydrogen-bond acceptors (Lipinski definition) is 4. The van der Waals surface area contributed by atoms with Crippen LogP contribution in [0.15, 0.2) is 30.3 Å². The molecule has 14 heteroatoms. The molecule has 1 fully saturated rings. The second-order valence-electron chi connectivity index (χ2n) is 8.16. The number of carbonyl (C=O) groups is 2. The Balaban J connectivity index is 2.11. The lowest BCUT2D eigenvalue weighted by Gasteiger charge is -2.32. The van der Waals surface area contributed by atoms with Gasteiger partial charge in [0.1, 0.15) is 11.9 Å². The van der Waals surface area contributed by atoms with Crippen molar-refractivity contribution in [1.29, 1.82) is 0 Å². The second kappa shape index (κ2) is 9.56. The third-order valence-electron chi connectivity index (χ3n) is 6.07. The first-order chi connectivity index (χ1) is 16.6. The summed E-state index contributed by atoms with van der Waals surface area (Å²) in [5.41, 5.74) is 0.424. The predicted molar refractivity (Wildman–Crippen MR) is 108 cm³/mol. The molecule has 2 aromatic carbocycles. The van der Waals surface area contributed by atoms with Gasteiger partial charge in [0.2, 0.25) is 5.82 Å². The fraction of sp³-hybridized carbons (Fsp3) is 0.364. The molecule has 0 unspecified atom stereocenters. The third-order valence-corrected chi connectivity index (χ3v) is 6.07. The van der Waals surface area contributed by atoms with Crippen LogP contribution in [0.1, 0.15) is 35.7 Å². The lowest BCUT2D eigenvalue weighted by atomic mass is 9.77. The van der Waals surface area contributed by atoms with Crippen molar-refractivity contribution in [3.05, 3.63) is 58.9 Å². The van der Waals surface area contributed by atoms with Crippen LogP contribution in [0.4, 0.5) is 40.8 Å². The second-order valence-corrected chi connectivity index (χ2v) is 8.16. The molecule has 0 aliphatic carbocycles. The smallest absolute Gasteiger partial charge is 0.417 e. The van der Waals surface area contributed by atoms with Crippen molar-refractivity contribution in [3.63, 3.8) is 0 Å². The van der Waals surface area contributed by atoms with Gasteiger partial charge in [0, 0.05) is 23.1 Å². The lowest BCUT2D eigenvalue weighted by molar-refractivity contribution is -0.272. The Bertz CT molecular complexity index is 1190. The normalized spacial score (nSPS) is 24.1. The number of amides is 2. The number of nitrogens with one attached hydrogen (secondary N) is 1. The van der Waals surface area contributed by atoms with E-state index in [-0.39, 0.29) is 5.69 Å². The highest BCUT2D eigenvalue weighted by Crippen LogP contribution is 2.55. The highest BCUT2D eigenvalue weighted by Gasteiger charge is 2.66. The summed E-state index contributed by atoms with van der Waals surface area (Å²) >= 11 is 0. The molecular formula is C22H18F8N2O4. The summed E-state index contributed by atoms with van der Waals surface area (Å²) in [5, 5.41) is 2.14. The van der Waals surface area contributed by atoms with Crippen LogP contribution in [0, 0.1) is 23.4 Å². The van der Waals surface area contributed by atoms with Crippen LogP contribution in [0.5, 0.6) is 5.75 Å². The molecule has 196 valence electrons. The van der Waals surface area contributed by atoms with Gasteiger partial charge < -0.3 is 20.5 Å². The lowest BCUT2D eigenvalue weighted by Crippen LogP contribution is -2.47. The van der Waals surface area contributed by atoms with Gasteiger partial charge in [-0.15, -0.1) is 0 Å². The van der Waals surface area contributed by atoms with Gasteiger partial charge >= 0.3 is 12.8 Å². The number of hydrogen-bond donors (Lipinski definition) is 2. The molecule has 6 nitrogen and oxygen atoms in total. The van der Waals surface area contributed by atoms with E-state index in [1.165, 1.54) is 0 Å². The van der Waals surface area contributed by atoms with Gasteiger partial charge in [-0.1, -0.05) is 13.0 Å². The minimum atomic E-state index is -5.09. The van der Waals surface area contributed by atoms with Crippen molar-refractivity contribution in [1.82, 2.24) is 0 Å². The summed E-state index contributed by atoms with van der Waals surface area (Å²) in [6.07, 6.45) is -7.18. The van der Waals surface area contributed by atoms with Gasteiger partial charge in [0.15, 0.2) is 17.2 Å². The summed E-state index contributed by atoms with van der Waals surface area (Å²) in [5.74, 6) is -11.9. The fourth-order valence-corrected chi connectivity index (χ4v) is 4.05. The minimum absolute atomic E-state index is 0.264. The molecule has 3 rings (SSSR count). The largest absolute Gasteiger partial charge is 0.431 e. The number of benzene rings is 2. The first-order valence-corrected chi connectivity index (χ1v) is 10.2. The molecule has 1 heterocycles. The summed E-state index contributed by atoms with van der Waals surface area (Å²) in [7, 11) is 0. The van der Waals surface area contributed by atoms with Crippen LogP contribution < -0.4 is 15.8 Å². The number of alkyl halides is 5. The molecule has 1 saturated heterocycles. The minimum Gasteiger partial charge on any atom is -0.431 e. The molecule has 0 saturated carbocycles. The van der Waals surface area contributed by atoms with Crippen LogP contribution in [-0.2, 0) is 9.53 Å². The maximum Gasteiger partial charge on any atom is 0.417 e. The number of halogens is 8. The molecule has 2 amide bonds. The average molecular weight is 526 g/mol. The van der Waals surface area contributed by atoms with E-state index in [1.54, 1.807) is 0 Å². The molecule has 1 aliphatic rings. The fourth-order valence-electron chi connectivity index (χ4n) is 4.05. The van der Waals surface area contributed by atoms with Crippen molar-refractivity contribution in [2.45, 2.75) is 44.3 Å². The van der Waals surface area contributed by atoms with E-state index < -0.39 is 82.5 Å². The molecule has 4 atom stereocenters. The van der Waals surface area contributed by atoms with Gasteiger partial charge in [0.05, 0.1) is 5.56 Å². The number of nitrogens with two attached hydrogens (primary N) is 1. The SMILES string of the molecule is C[C@H]1[C@H](c2ccc(F)c(F)c2OC(F)F)[C@H](C(=O)Nc2ccc(F)c(C(N)=O)c2)O[C@]1(C)C(F)(F)F. The Hall–Kier alpha value is -3.42. The molecule has 3 N–H and O–H groups in total. The Kier molecular flexibility index (Phi) is 7.22. The van der Waals surface area contributed by atoms with E-state index in [0.717, 1.165) is 25.1 Å². The van der Waals surface area contributed by atoms with Crippen LogP contribution in [0.25, 0.3) is 0 Å². The molecule has 0 bridgehead atoms. The Morgan fingerprint density at radius 2 is 1.72 bits per heavy atom. The van der Waals surface area contributed by atoms with Gasteiger partial charge in [-0.2, -0.15) is 26.3 Å². The summed E-state index contributed by atoms with van der Waals surface area (Å²) in [4.78, 5) is 24.4.